The molecule has 2 aromatic heterocycles. The number of piperazine rings is 1. The smallest absolute Gasteiger partial charge is 0.339 e. The molecule has 0 unspecified atom stereocenters. The zero-order valence-corrected chi connectivity index (χ0v) is 18.1. The maximum absolute atomic E-state index is 12.5. The first-order valence-corrected chi connectivity index (χ1v) is 10.8. The minimum atomic E-state index is -1.15. The van der Waals surface area contributed by atoms with Gasteiger partial charge in [0.1, 0.15) is 23.2 Å². The molecule has 12 nitrogen and oxygen atoms in total. The first-order valence-electron chi connectivity index (χ1n) is 10.8. The number of anilines is 1. The summed E-state index contributed by atoms with van der Waals surface area (Å²) in [5.41, 5.74) is 1.71. The summed E-state index contributed by atoms with van der Waals surface area (Å²) in [6.45, 7) is 2.55. The second kappa shape index (κ2) is 9.08. The predicted molar refractivity (Wildman–Crippen MR) is 121 cm³/mol. The molecule has 0 radical (unpaired) electrons. The van der Waals surface area contributed by atoms with Crippen molar-refractivity contribution in [2.24, 2.45) is 0 Å². The van der Waals surface area contributed by atoms with E-state index in [1.54, 1.807) is 18.2 Å². The van der Waals surface area contributed by atoms with Gasteiger partial charge in [0.05, 0.1) is 11.2 Å². The molecule has 2 saturated heterocycles. The lowest BCUT2D eigenvalue weighted by molar-refractivity contribution is -0.118. The number of fused-ring (bicyclic) bond motifs is 4. The monoisotopic (exact) mass is 465 g/mol. The third kappa shape index (κ3) is 4.40. The Morgan fingerprint density at radius 1 is 1.18 bits per heavy atom. The van der Waals surface area contributed by atoms with Gasteiger partial charge in [-0.15, -0.1) is 0 Å². The van der Waals surface area contributed by atoms with Gasteiger partial charge in [-0.2, -0.15) is 0 Å². The topological polar surface area (TPSA) is 170 Å². The number of hydrogen-bond acceptors (Lipinski definition) is 8. The summed E-state index contributed by atoms with van der Waals surface area (Å²) < 4.78 is 5.29. The van der Waals surface area contributed by atoms with Crippen molar-refractivity contribution in [3.63, 3.8) is 0 Å². The number of carboxylic acids is 1. The zero-order chi connectivity index (χ0) is 23.7. The van der Waals surface area contributed by atoms with Crippen LogP contribution in [0.3, 0.4) is 0 Å². The molecule has 6 N–H and O–H groups in total. The number of amides is 2. The summed E-state index contributed by atoms with van der Waals surface area (Å²) in [4.78, 5) is 45.7. The fraction of sp³-hybridized carbons (Fsp3) is 0.318. The van der Waals surface area contributed by atoms with Gasteiger partial charge in [-0.3, -0.25) is 9.59 Å². The van der Waals surface area contributed by atoms with E-state index < -0.39 is 11.9 Å². The lowest BCUT2D eigenvalue weighted by atomic mass is 10.1. The Morgan fingerprint density at radius 2 is 1.97 bits per heavy atom. The molecule has 0 saturated carbocycles. The highest BCUT2D eigenvalue weighted by Crippen LogP contribution is 2.28. The van der Waals surface area contributed by atoms with Crippen molar-refractivity contribution in [3.05, 3.63) is 47.5 Å². The van der Waals surface area contributed by atoms with Crippen molar-refractivity contribution in [1.29, 1.82) is 0 Å². The molecule has 2 bridgehead atoms. The second-order valence-electron chi connectivity index (χ2n) is 8.25. The molecule has 0 aliphatic carbocycles. The van der Waals surface area contributed by atoms with Crippen molar-refractivity contribution in [3.8, 4) is 5.75 Å². The fourth-order valence-electron chi connectivity index (χ4n) is 4.22. The molecule has 12 heteroatoms. The first-order chi connectivity index (χ1) is 16.5. The number of carbonyl (C=O) groups excluding carboxylic acids is 2. The van der Waals surface area contributed by atoms with E-state index in [1.165, 1.54) is 25.7 Å². The van der Waals surface area contributed by atoms with Gasteiger partial charge in [0.25, 0.3) is 11.8 Å². The van der Waals surface area contributed by atoms with E-state index >= 15 is 0 Å². The number of rotatable bonds is 4. The van der Waals surface area contributed by atoms with Crippen LogP contribution in [0.4, 0.5) is 5.69 Å². The number of aromatic nitrogens is 3. The Kier molecular flexibility index (Phi) is 5.82. The van der Waals surface area contributed by atoms with Crippen LogP contribution in [0.2, 0.25) is 0 Å². The zero-order valence-electron chi connectivity index (χ0n) is 18.1. The molecular formula is C22H23N7O5. The molecule has 5 heterocycles. The van der Waals surface area contributed by atoms with E-state index in [9.17, 15) is 14.4 Å². The molecule has 3 aliphatic rings. The molecule has 0 spiro atoms. The van der Waals surface area contributed by atoms with Crippen molar-refractivity contribution in [2.75, 3.05) is 25.0 Å². The summed E-state index contributed by atoms with van der Waals surface area (Å²) in [5, 5.41) is 21.3. The van der Waals surface area contributed by atoms with Gasteiger partial charge in [0.15, 0.2) is 12.3 Å². The number of nitrogens with one attached hydrogen (secondary N) is 5. The maximum Gasteiger partial charge on any atom is 0.339 e. The number of carboxylic acid groups (broad SMARTS) is 1. The SMILES string of the molecule is C1N[C@@H]2CN[C@H]1C2.O=C1COc2ccc(CNC(=O)c3ncnc4c(C(=O)O)c[nH]c34)cc2N1. The van der Waals surface area contributed by atoms with Crippen LogP contribution in [-0.4, -0.2) is 69.6 Å². The van der Waals surface area contributed by atoms with Crippen LogP contribution < -0.4 is 26.0 Å². The van der Waals surface area contributed by atoms with Crippen molar-refractivity contribution in [1.82, 2.24) is 30.9 Å². The molecule has 1 aromatic carbocycles. The van der Waals surface area contributed by atoms with E-state index in [4.69, 9.17) is 9.84 Å². The first kappa shape index (κ1) is 21.8. The molecule has 3 aromatic rings. The quantitative estimate of drug-likeness (QED) is 0.316. The molecule has 176 valence electrons. The third-order valence-electron chi connectivity index (χ3n) is 5.91. The summed E-state index contributed by atoms with van der Waals surface area (Å²) >= 11 is 0. The largest absolute Gasteiger partial charge is 0.482 e. The van der Waals surface area contributed by atoms with Crippen LogP contribution in [0.15, 0.2) is 30.7 Å². The van der Waals surface area contributed by atoms with E-state index in [0.717, 1.165) is 24.0 Å². The summed E-state index contributed by atoms with van der Waals surface area (Å²) in [6, 6.07) is 6.81. The predicted octanol–water partition coefficient (Wildman–Crippen LogP) is 0.237. The molecule has 3 aliphatic heterocycles. The van der Waals surface area contributed by atoms with Crippen LogP contribution in [0, 0.1) is 0 Å². The number of ether oxygens (including phenoxy) is 1. The third-order valence-corrected chi connectivity index (χ3v) is 5.91. The minimum absolute atomic E-state index is 0.0265. The van der Waals surface area contributed by atoms with Crippen LogP contribution >= 0.6 is 0 Å². The Bertz CT molecular complexity index is 1260. The molecular weight excluding hydrogens is 442 g/mol. The highest BCUT2D eigenvalue weighted by molar-refractivity contribution is 6.08. The van der Waals surface area contributed by atoms with Crippen molar-refractivity contribution >= 4 is 34.5 Å². The summed E-state index contributed by atoms with van der Waals surface area (Å²) in [5.74, 6) is -1.31. The normalized spacial score (nSPS) is 20.1. The Morgan fingerprint density at radius 3 is 2.65 bits per heavy atom. The molecule has 2 atom stereocenters. The van der Waals surface area contributed by atoms with Gasteiger partial charge in [-0.25, -0.2) is 14.8 Å². The number of aromatic carboxylic acids is 1. The van der Waals surface area contributed by atoms with E-state index in [2.05, 4.69) is 36.2 Å². The number of nitrogens with zero attached hydrogens (tertiary/aromatic N) is 2. The number of hydrogen-bond donors (Lipinski definition) is 6. The van der Waals surface area contributed by atoms with Gasteiger partial charge in [-0.05, 0) is 24.1 Å². The van der Waals surface area contributed by atoms with Crippen molar-refractivity contribution < 1.29 is 24.2 Å². The van der Waals surface area contributed by atoms with Crippen LogP contribution in [0.1, 0.15) is 32.8 Å². The Labute approximate surface area is 193 Å². The number of carbonyl (C=O) groups is 3. The minimum Gasteiger partial charge on any atom is -0.482 e. The van der Waals surface area contributed by atoms with Crippen LogP contribution in [-0.2, 0) is 11.3 Å². The average Bonchev–Trinajstić information content (AvgIpc) is 3.59. The molecule has 2 fully saturated rings. The molecule has 34 heavy (non-hydrogen) atoms. The average molecular weight is 465 g/mol. The van der Waals surface area contributed by atoms with Gasteiger partial charge in [0.2, 0.25) is 0 Å². The fourth-order valence-corrected chi connectivity index (χ4v) is 4.22. The lowest BCUT2D eigenvalue weighted by Crippen LogP contribution is -2.39. The number of aromatic amines is 1. The second-order valence-corrected chi connectivity index (χ2v) is 8.25. The van der Waals surface area contributed by atoms with E-state index in [-0.39, 0.29) is 41.3 Å². The summed E-state index contributed by atoms with van der Waals surface area (Å²) in [7, 11) is 0. The van der Waals surface area contributed by atoms with E-state index in [1.807, 2.05) is 0 Å². The van der Waals surface area contributed by atoms with Gasteiger partial charge in [-0.1, -0.05) is 6.07 Å². The van der Waals surface area contributed by atoms with Crippen LogP contribution in [0.5, 0.6) is 5.75 Å². The van der Waals surface area contributed by atoms with Crippen LogP contribution in [0.25, 0.3) is 11.0 Å². The summed E-state index contributed by atoms with van der Waals surface area (Å²) in [6.07, 6.45) is 3.77. The highest BCUT2D eigenvalue weighted by atomic mass is 16.5. The number of benzene rings is 1. The van der Waals surface area contributed by atoms with Gasteiger partial charge in [0, 0.05) is 37.9 Å². The lowest BCUT2D eigenvalue weighted by Gasteiger charge is -2.18. The maximum atomic E-state index is 12.5. The Hall–Kier alpha value is -4.03. The standard InChI is InChI=1S/C17H13N5O5.C5H10N2/c23-12-6-27-11-2-1-8(3-10(11)22-12)4-19-16(24)15-14-13(20-7-21-15)9(5-18-14)17(25)26;1-4-2-6-5(1)3-7-4/h1-3,5,7,18H,4,6H2,(H,19,24)(H,22,23)(H,25,26);4-7H,1-3H2/t;4-,5-/m.0/s1. The van der Waals surface area contributed by atoms with Gasteiger partial charge < -0.3 is 36.1 Å². The molecule has 6 rings (SSSR count). The Balaban J connectivity index is 0.000000290. The molecule has 2 amide bonds. The van der Waals surface area contributed by atoms with Crippen molar-refractivity contribution in [2.45, 2.75) is 25.0 Å². The number of H-pyrrole nitrogens is 1. The van der Waals surface area contributed by atoms with Gasteiger partial charge >= 0.3 is 5.97 Å². The van der Waals surface area contributed by atoms with E-state index in [0.29, 0.717) is 11.4 Å². The highest BCUT2D eigenvalue weighted by Gasteiger charge is 2.29.